The van der Waals surface area contributed by atoms with Crippen molar-refractivity contribution in [3.05, 3.63) is 42.0 Å². The topological polar surface area (TPSA) is 63.1 Å². The van der Waals surface area contributed by atoms with Crippen LogP contribution in [0.5, 0.6) is 5.75 Å². The van der Waals surface area contributed by atoms with Crippen molar-refractivity contribution in [2.45, 2.75) is 13.3 Å². The molecule has 17 heavy (non-hydrogen) atoms. The zero-order valence-corrected chi connectivity index (χ0v) is 9.42. The average molecular weight is 228 g/mol. The molecule has 1 N–H and O–H groups in total. The number of aromatic hydroxyl groups is 1. The first-order valence-electron chi connectivity index (χ1n) is 5.33. The largest absolute Gasteiger partial charge is 0.507 e. The molecule has 4 heteroatoms. The lowest BCUT2D eigenvalue weighted by Gasteiger charge is -2.09. The molecule has 0 atom stereocenters. The molecule has 0 fully saturated rings. The second kappa shape index (κ2) is 4.74. The summed E-state index contributed by atoms with van der Waals surface area (Å²) in [6.07, 6.45) is 5.99. The molecule has 0 unspecified atom stereocenters. The number of aromatic nitrogens is 2. The Hall–Kier alpha value is -2.23. The van der Waals surface area contributed by atoms with Gasteiger partial charge in [-0.05, 0) is 17.5 Å². The first-order valence-corrected chi connectivity index (χ1v) is 5.33. The summed E-state index contributed by atoms with van der Waals surface area (Å²) in [7, 11) is 0. The van der Waals surface area contributed by atoms with E-state index >= 15 is 0 Å². The lowest BCUT2D eigenvalue weighted by atomic mass is 9.98. The molecule has 1 heterocycles. The molecule has 4 nitrogen and oxygen atoms in total. The third-order valence-corrected chi connectivity index (χ3v) is 2.67. The maximum atomic E-state index is 11.1. The fourth-order valence-electron chi connectivity index (χ4n) is 1.75. The average Bonchev–Trinajstić information content (AvgIpc) is 2.39. The summed E-state index contributed by atoms with van der Waals surface area (Å²) in [6.45, 7) is 1.93. The molecular weight excluding hydrogens is 216 g/mol. The Labute approximate surface area is 99.0 Å². The van der Waals surface area contributed by atoms with Gasteiger partial charge in [0.25, 0.3) is 0 Å². The molecule has 0 aliphatic rings. The van der Waals surface area contributed by atoms with Crippen LogP contribution in [-0.2, 0) is 6.42 Å². The van der Waals surface area contributed by atoms with E-state index in [1.165, 1.54) is 6.33 Å². The monoisotopic (exact) mass is 228 g/mol. The molecule has 0 aliphatic carbocycles. The Kier molecular flexibility index (Phi) is 3.14. The lowest BCUT2D eigenvalue weighted by Crippen LogP contribution is -1.93. The molecule has 0 bridgehead atoms. The summed E-state index contributed by atoms with van der Waals surface area (Å²) >= 11 is 0. The fourth-order valence-corrected chi connectivity index (χ4v) is 1.75. The van der Waals surface area contributed by atoms with Gasteiger partial charge in [-0.1, -0.05) is 19.1 Å². The van der Waals surface area contributed by atoms with Crippen LogP contribution in [0, 0.1) is 0 Å². The van der Waals surface area contributed by atoms with Crippen molar-refractivity contribution in [2.75, 3.05) is 0 Å². The van der Waals surface area contributed by atoms with Crippen LogP contribution in [-0.4, -0.2) is 21.4 Å². The SMILES string of the molecule is CCc1ccc(-c2cncnc2)c(C=O)c1O. The minimum absolute atomic E-state index is 0.0452. The quantitative estimate of drug-likeness (QED) is 0.818. The van der Waals surface area contributed by atoms with Gasteiger partial charge in [0.1, 0.15) is 12.1 Å². The first-order chi connectivity index (χ1) is 8.27. The molecule has 2 aromatic rings. The van der Waals surface area contributed by atoms with Crippen LogP contribution in [0.25, 0.3) is 11.1 Å². The lowest BCUT2D eigenvalue weighted by molar-refractivity contribution is 0.112. The summed E-state index contributed by atoms with van der Waals surface area (Å²) in [5, 5.41) is 9.96. The Morgan fingerprint density at radius 3 is 2.59 bits per heavy atom. The molecule has 0 spiro atoms. The molecule has 0 saturated carbocycles. The number of phenols is 1. The minimum atomic E-state index is 0.0452. The van der Waals surface area contributed by atoms with Gasteiger partial charge in [-0.2, -0.15) is 0 Å². The van der Waals surface area contributed by atoms with Gasteiger partial charge in [0, 0.05) is 18.0 Å². The van der Waals surface area contributed by atoms with E-state index in [-0.39, 0.29) is 5.75 Å². The van der Waals surface area contributed by atoms with Crippen LogP contribution >= 0.6 is 0 Å². The highest BCUT2D eigenvalue weighted by Gasteiger charge is 2.12. The number of carbonyl (C=O) groups excluding carboxylic acids is 1. The highest BCUT2D eigenvalue weighted by Crippen LogP contribution is 2.31. The van der Waals surface area contributed by atoms with E-state index in [1.54, 1.807) is 18.5 Å². The maximum Gasteiger partial charge on any atom is 0.154 e. The number of nitrogens with zero attached hydrogens (tertiary/aromatic N) is 2. The summed E-state index contributed by atoms with van der Waals surface area (Å²) in [5.74, 6) is 0.0452. The standard InChI is InChI=1S/C13H12N2O2/c1-2-9-3-4-11(12(7-16)13(9)17)10-5-14-8-15-6-10/h3-8,17H,2H2,1H3. The number of hydrogen-bond acceptors (Lipinski definition) is 4. The first kappa shape index (κ1) is 11.3. The molecule has 0 amide bonds. The van der Waals surface area contributed by atoms with Gasteiger partial charge in [-0.3, -0.25) is 4.79 Å². The van der Waals surface area contributed by atoms with E-state index < -0.39 is 0 Å². The molecule has 2 rings (SSSR count). The molecule has 0 saturated heterocycles. The van der Waals surface area contributed by atoms with Crippen molar-refractivity contribution in [1.82, 2.24) is 9.97 Å². The summed E-state index contributed by atoms with van der Waals surface area (Å²) in [5.41, 5.74) is 2.41. The van der Waals surface area contributed by atoms with Gasteiger partial charge >= 0.3 is 0 Å². The molecule has 1 aromatic heterocycles. The zero-order valence-electron chi connectivity index (χ0n) is 9.42. The van der Waals surface area contributed by atoms with Crippen LogP contribution in [0.4, 0.5) is 0 Å². The highest BCUT2D eigenvalue weighted by molar-refractivity contribution is 5.91. The molecular formula is C13H12N2O2. The number of hydrogen-bond donors (Lipinski definition) is 1. The Morgan fingerprint density at radius 2 is 2.00 bits per heavy atom. The molecule has 0 radical (unpaired) electrons. The van der Waals surface area contributed by atoms with E-state index in [9.17, 15) is 9.90 Å². The van der Waals surface area contributed by atoms with Crippen LogP contribution in [0.1, 0.15) is 22.8 Å². The normalized spacial score (nSPS) is 10.2. The molecule has 86 valence electrons. The predicted molar refractivity (Wildman–Crippen MR) is 63.9 cm³/mol. The summed E-state index contributed by atoms with van der Waals surface area (Å²) in [6, 6.07) is 3.62. The van der Waals surface area contributed by atoms with Gasteiger partial charge < -0.3 is 5.11 Å². The van der Waals surface area contributed by atoms with Crippen molar-refractivity contribution in [2.24, 2.45) is 0 Å². The smallest absolute Gasteiger partial charge is 0.154 e. The van der Waals surface area contributed by atoms with Crippen LogP contribution in [0.3, 0.4) is 0 Å². The number of benzene rings is 1. The number of aldehydes is 1. The van der Waals surface area contributed by atoms with Gasteiger partial charge in [0.05, 0.1) is 5.56 Å². The Morgan fingerprint density at radius 1 is 1.29 bits per heavy atom. The fraction of sp³-hybridized carbons (Fsp3) is 0.154. The third-order valence-electron chi connectivity index (χ3n) is 2.67. The van der Waals surface area contributed by atoms with E-state index in [4.69, 9.17) is 0 Å². The van der Waals surface area contributed by atoms with E-state index in [1.807, 2.05) is 13.0 Å². The van der Waals surface area contributed by atoms with E-state index in [2.05, 4.69) is 9.97 Å². The zero-order chi connectivity index (χ0) is 12.3. The van der Waals surface area contributed by atoms with Crippen molar-refractivity contribution < 1.29 is 9.90 Å². The van der Waals surface area contributed by atoms with E-state index in [0.717, 1.165) is 5.56 Å². The number of aryl methyl sites for hydroxylation is 1. The number of carbonyl (C=O) groups is 1. The van der Waals surface area contributed by atoms with Gasteiger partial charge in [-0.25, -0.2) is 9.97 Å². The van der Waals surface area contributed by atoms with Crippen molar-refractivity contribution in [1.29, 1.82) is 0 Å². The van der Waals surface area contributed by atoms with Gasteiger partial charge in [-0.15, -0.1) is 0 Å². The molecule has 1 aromatic carbocycles. The Balaban J connectivity index is 2.64. The Bertz CT molecular complexity index is 539. The number of phenolic OH excluding ortho intramolecular Hbond substituents is 1. The van der Waals surface area contributed by atoms with Crippen LogP contribution in [0.15, 0.2) is 30.9 Å². The highest BCUT2D eigenvalue weighted by atomic mass is 16.3. The van der Waals surface area contributed by atoms with E-state index in [0.29, 0.717) is 29.4 Å². The molecule has 0 aliphatic heterocycles. The minimum Gasteiger partial charge on any atom is -0.507 e. The van der Waals surface area contributed by atoms with Gasteiger partial charge in [0.15, 0.2) is 6.29 Å². The maximum absolute atomic E-state index is 11.1. The summed E-state index contributed by atoms with van der Waals surface area (Å²) < 4.78 is 0. The predicted octanol–water partition coefficient (Wildman–Crippen LogP) is 2.22. The van der Waals surface area contributed by atoms with Crippen LogP contribution < -0.4 is 0 Å². The second-order valence-electron chi connectivity index (χ2n) is 3.63. The van der Waals surface area contributed by atoms with Crippen molar-refractivity contribution >= 4 is 6.29 Å². The van der Waals surface area contributed by atoms with Crippen LogP contribution in [0.2, 0.25) is 0 Å². The third kappa shape index (κ3) is 2.01. The summed E-state index contributed by atoms with van der Waals surface area (Å²) in [4.78, 5) is 18.9. The van der Waals surface area contributed by atoms with Crippen molar-refractivity contribution in [3.63, 3.8) is 0 Å². The second-order valence-corrected chi connectivity index (χ2v) is 3.63. The van der Waals surface area contributed by atoms with Crippen molar-refractivity contribution in [3.8, 4) is 16.9 Å². The van der Waals surface area contributed by atoms with Gasteiger partial charge in [0.2, 0.25) is 0 Å². The number of rotatable bonds is 3.